The number of likely N-dealkylation sites (N-methyl/N-ethyl adjacent to an activating group) is 1. The van der Waals surface area contributed by atoms with Gasteiger partial charge in [0.1, 0.15) is 6.61 Å². The van der Waals surface area contributed by atoms with Gasteiger partial charge < -0.3 is 20.1 Å². The number of benzene rings is 1. The van der Waals surface area contributed by atoms with Crippen molar-refractivity contribution in [1.29, 1.82) is 0 Å². The topological polar surface area (TPSA) is 64.8 Å². The third-order valence-electron chi connectivity index (χ3n) is 3.48. The van der Waals surface area contributed by atoms with Gasteiger partial charge in [0.15, 0.2) is 17.6 Å². The van der Waals surface area contributed by atoms with Crippen molar-refractivity contribution < 1.29 is 14.3 Å². The van der Waals surface area contributed by atoms with E-state index in [0.717, 1.165) is 11.5 Å². The summed E-state index contributed by atoms with van der Waals surface area (Å²) in [7, 11) is 1.77. The molecule has 2 rings (SSSR count). The summed E-state index contributed by atoms with van der Waals surface area (Å²) < 4.78 is 11.5. The first-order valence-electron chi connectivity index (χ1n) is 6.78. The minimum atomic E-state index is -0.553. The zero-order valence-electron chi connectivity index (χ0n) is 12.3. The van der Waals surface area contributed by atoms with Gasteiger partial charge in [0.2, 0.25) is 5.91 Å². The average molecular weight is 278 g/mol. The van der Waals surface area contributed by atoms with Crippen LogP contribution in [0.3, 0.4) is 0 Å². The van der Waals surface area contributed by atoms with Crippen LogP contribution in [0.25, 0.3) is 0 Å². The minimum absolute atomic E-state index is 0.0162. The van der Waals surface area contributed by atoms with Gasteiger partial charge >= 0.3 is 0 Å². The Morgan fingerprint density at radius 1 is 1.40 bits per heavy atom. The summed E-state index contributed by atoms with van der Waals surface area (Å²) in [5.41, 5.74) is 5.08. The van der Waals surface area contributed by atoms with Crippen molar-refractivity contribution in [2.24, 2.45) is 11.1 Å². The molecule has 0 saturated carbocycles. The molecule has 0 radical (unpaired) electrons. The molecule has 1 aliphatic heterocycles. The summed E-state index contributed by atoms with van der Waals surface area (Å²) in [6, 6.07) is 7.55. The lowest BCUT2D eigenvalue weighted by Crippen LogP contribution is -2.48. The fourth-order valence-electron chi connectivity index (χ4n) is 2.15. The largest absolute Gasteiger partial charge is 0.486 e. The van der Waals surface area contributed by atoms with Crippen LogP contribution in [-0.4, -0.2) is 43.7 Å². The van der Waals surface area contributed by atoms with Crippen molar-refractivity contribution in [1.82, 2.24) is 4.90 Å². The number of hydrogen-bond acceptors (Lipinski definition) is 4. The normalized spacial score (nSPS) is 17.7. The van der Waals surface area contributed by atoms with Gasteiger partial charge in [-0.25, -0.2) is 0 Å². The number of amides is 1. The van der Waals surface area contributed by atoms with Gasteiger partial charge in [-0.05, 0) is 26.0 Å². The number of ether oxygens (including phenoxy) is 2. The third kappa shape index (κ3) is 3.04. The van der Waals surface area contributed by atoms with Crippen molar-refractivity contribution in [3.63, 3.8) is 0 Å². The van der Waals surface area contributed by atoms with Crippen LogP contribution < -0.4 is 15.2 Å². The van der Waals surface area contributed by atoms with Crippen molar-refractivity contribution in [3.8, 4) is 11.5 Å². The SMILES string of the molecule is CN(CC1COc2ccccc2O1)C(=O)C(C)(C)CN. The maximum atomic E-state index is 12.3. The Labute approximate surface area is 119 Å². The smallest absolute Gasteiger partial charge is 0.229 e. The number of fused-ring (bicyclic) bond motifs is 1. The van der Waals surface area contributed by atoms with Crippen LogP contribution in [0.2, 0.25) is 0 Å². The number of nitrogens with two attached hydrogens (primary N) is 1. The van der Waals surface area contributed by atoms with Crippen molar-refractivity contribution in [2.45, 2.75) is 20.0 Å². The molecule has 1 atom stereocenters. The second kappa shape index (κ2) is 5.71. The predicted octanol–water partition coefficient (Wildman–Crippen LogP) is 1.27. The zero-order chi connectivity index (χ0) is 14.8. The number of carbonyl (C=O) groups excluding carboxylic acids is 1. The van der Waals surface area contributed by atoms with Crippen LogP contribution in [0, 0.1) is 5.41 Å². The molecule has 0 spiro atoms. The number of para-hydroxylation sites is 2. The number of nitrogens with zero attached hydrogens (tertiary/aromatic N) is 1. The summed E-state index contributed by atoms with van der Waals surface area (Å²) >= 11 is 0. The van der Waals surface area contributed by atoms with E-state index in [1.54, 1.807) is 11.9 Å². The Kier molecular flexibility index (Phi) is 4.18. The molecule has 1 amide bonds. The molecular formula is C15H22N2O3. The first-order valence-corrected chi connectivity index (χ1v) is 6.78. The molecule has 5 heteroatoms. The molecule has 20 heavy (non-hydrogen) atoms. The molecule has 5 nitrogen and oxygen atoms in total. The molecule has 2 N–H and O–H groups in total. The summed E-state index contributed by atoms with van der Waals surface area (Å²) in [4.78, 5) is 13.9. The van der Waals surface area contributed by atoms with Gasteiger partial charge in [-0.1, -0.05) is 12.1 Å². The van der Waals surface area contributed by atoms with E-state index in [9.17, 15) is 4.79 Å². The monoisotopic (exact) mass is 278 g/mol. The molecule has 110 valence electrons. The Balaban J connectivity index is 1.97. The standard InChI is InChI=1S/C15H22N2O3/c1-15(2,10-16)14(18)17(3)8-11-9-19-12-6-4-5-7-13(12)20-11/h4-7,11H,8-10,16H2,1-3H3. The lowest BCUT2D eigenvalue weighted by atomic mass is 9.92. The first-order chi connectivity index (χ1) is 9.44. The fraction of sp³-hybridized carbons (Fsp3) is 0.533. The lowest BCUT2D eigenvalue weighted by Gasteiger charge is -2.33. The first kappa shape index (κ1) is 14.7. The maximum Gasteiger partial charge on any atom is 0.229 e. The Morgan fingerprint density at radius 2 is 2.05 bits per heavy atom. The molecule has 1 aliphatic rings. The maximum absolute atomic E-state index is 12.3. The van der Waals surface area contributed by atoms with Gasteiger partial charge in [0.25, 0.3) is 0 Å². The van der Waals surface area contributed by atoms with E-state index in [0.29, 0.717) is 19.7 Å². The van der Waals surface area contributed by atoms with E-state index in [-0.39, 0.29) is 12.0 Å². The number of carbonyl (C=O) groups is 1. The summed E-state index contributed by atoms with van der Waals surface area (Å²) in [5, 5.41) is 0. The van der Waals surface area contributed by atoms with Gasteiger partial charge in [0.05, 0.1) is 12.0 Å². The van der Waals surface area contributed by atoms with Crippen LogP contribution in [0.15, 0.2) is 24.3 Å². The molecule has 0 aromatic heterocycles. The predicted molar refractivity (Wildman–Crippen MR) is 76.8 cm³/mol. The second-order valence-corrected chi connectivity index (χ2v) is 5.77. The van der Waals surface area contributed by atoms with Crippen molar-refractivity contribution in [3.05, 3.63) is 24.3 Å². The van der Waals surface area contributed by atoms with E-state index < -0.39 is 5.41 Å². The van der Waals surface area contributed by atoms with Crippen LogP contribution in [0.4, 0.5) is 0 Å². The number of hydrogen-bond donors (Lipinski definition) is 1. The van der Waals surface area contributed by atoms with Gasteiger partial charge in [-0.15, -0.1) is 0 Å². The minimum Gasteiger partial charge on any atom is -0.486 e. The van der Waals surface area contributed by atoms with Crippen LogP contribution in [0.1, 0.15) is 13.8 Å². The molecule has 1 aromatic rings. The zero-order valence-corrected chi connectivity index (χ0v) is 12.3. The quantitative estimate of drug-likeness (QED) is 0.901. The molecule has 0 bridgehead atoms. The third-order valence-corrected chi connectivity index (χ3v) is 3.48. The van der Waals surface area contributed by atoms with Crippen LogP contribution in [-0.2, 0) is 4.79 Å². The highest BCUT2D eigenvalue weighted by atomic mass is 16.6. The molecular weight excluding hydrogens is 256 g/mol. The Bertz CT molecular complexity index is 488. The molecule has 1 aromatic carbocycles. The molecule has 1 heterocycles. The van der Waals surface area contributed by atoms with Gasteiger partial charge in [0, 0.05) is 13.6 Å². The highest BCUT2D eigenvalue weighted by Crippen LogP contribution is 2.31. The summed E-state index contributed by atoms with van der Waals surface area (Å²) in [6.45, 7) is 4.94. The van der Waals surface area contributed by atoms with Crippen molar-refractivity contribution in [2.75, 3.05) is 26.7 Å². The second-order valence-electron chi connectivity index (χ2n) is 5.77. The summed E-state index contributed by atoms with van der Waals surface area (Å²) in [6.07, 6.45) is -0.160. The van der Waals surface area contributed by atoms with Crippen molar-refractivity contribution >= 4 is 5.91 Å². The molecule has 0 aliphatic carbocycles. The average Bonchev–Trinajstić information content (AvgIpc) is 2.46. The van der Waals surface area contributed by atoms with E-state index in [4.69, 9.17) is 15.2 Å². The summed E-state index contributed by atoms with van der Waals surface area (Å²) in [5.74, 6) is 1.49. The van der Waals surface area contributed by atoms with E-state index in [2.05, 4.69) is 0 Å². The van der Waals surface area contributed by atoms with E-state index in [1.165, 1.54) is 0 Å². The molecule has 0 saturated heterocycles. The fourth-order valence-corrected chi connectivity index (χ4v) is 2.15. The molecule has 0 fully saturated rings. The Hall–Kier alpha value is -1.75. The van der Waals surface area contributed by atoms with E-state index in [1.807, 2.05) is 38.1 Å². The van der Waals surface area contributed by atoms with Crippen LogP contribution >= 0.6 is 0 Å². The Morgan fingerprint density at radius 3 is 2.70 bits per heavy atom. The highest BCUT2D eigenvalue weighted by Gasteiger charge is 2.31. The lowest BCUT2D eigenvalue weighted by molar-refractivity contribution is -0.139. The van der Waals surface area contributed by atoms with Crippen LogP contribution in [0.5, 0.6) is 11.5 Å². The van der Waals surface area contributed by atoms with E-state index >= 15 is 0 Å². The molecule has 1 unspecified atom stereocenters. The van der Waals surface area contributed by atoms with Gasteiger partial charge in [-0.3, -0.25) is 4.79 Å². The number of rotatable bonds is 4. The highest BCUT2D eigenvalue weighted by molar-refractivity contribution is 5.82. The van der Waals surface area contributed by atoms with Gasteiger partial charge in [-0.2, -0.15) is 0 Å².